The molecule has 3 aromatic rings. The van der Waals surface area contributed by atoms with E-state index in [2.05, 4.69) is 4.98 Å². The van der Waals surface area contributed by atoms with Gasteiger partial charge in [-0.1, -0.05) is 12.1 Å². The summed E-state index contributed by atoms with van der Waals surface area (Å²) in [7, 11) is 3.13. The number of hydrogen-bond donors (Lipinski definition) is 0. The fraction of sp³-hybridized carbons (Fsp3) is 0.167. The zero-order valence-electron chi connectivity index (χ0n) is 13.5. The molecule has 0 saturated carbocycles. The molecule has 1 aromatic heterocycles. The van der Waals surface area contributed by atoms with E-state index in [0.29, 0.717) is 28.2 Å². The number of halogens is 1. The summed E-state index contributed by atoms with van der Waals surface area (Å²) in [6.07, 6.45) is 1.92. The normalized spacial score (nSPS) is 10.7. The molecule has 0 unspecified atom stereocenters. The predicted molar refractivity (Wildman–Crippen MR) is 93.1 cm³/mol. The molecule has 0 spiro atoms. The van der Waals surface area contributed by atoms with Crippen molar-refractivity contribution in [1.29, 1.82) is 0 Å². The van der Waals surface area contributed by atoms with E-state index < -0.39 is 5.82 Å². The molecule has 0 amide bonds. The molecule has 0 bridgehead atoms. The lowest BCUT2D eigenvalue weighted by Gasteiger charge is -2.14. The summed E-state index contributed by atoms with van der Waals surface area (Å²) in [6.45, 7) is 0. The molecule has 0 fully saturated rings. The third kappa shape index (κ3) is 3.10. The van der Waals surface area contributed by atoms with E-state index in [4.69, 9.17) is 14.2 Å². The number of methoxy groups -OCH3 is 2. The van der Waals surface area contributed by atoms with Gasteiger partial charge >= 0.3 is 0 Å². The van der Waals surface area contributed by atoms with Gasteiger partial charge in [0.15, 0.2) is 23.1 Å². The van der Waals surface area contributed by atoms with Crippen molar-refractivity contribution in [2.24, 2.45) is 0 Å². The van der Waals surface area contributed by atoms with E-state index in [1.807, 2.05) is 6.26 Å². The minimum Gasteiger partial charge on any atom is -0.493 e. The number of pyridine rings is 1. The lowest BCUT2D eigenvalue weighted by atomic mass is 10.2. The maximum atomic E-state index is 13.9. The Morgan fingerprint density at radius 3 is 2.29 bits per heavy atom. The Morgan fingerprint density at radius 2 is 1.62 bits per heavy atom. The number of nitrogens with zero attached hydrogens (tertiary/aromatic N) is 1. The first kappa shape index (κ1) is 16.4. The van der Waals surface area contributed by atoms with Gasteiger partial charge in [0.1, 0.15) is 10.8 Å². The Morgan fingerprint density at radius 1 is 0.917 bits per heavy atom. The van der Waals surface area contributed by atoms with Crippen LogP contribution in [0.3, 0.4) is 0 Å². The van der Waals surface area contributed by atoms with E-state index in [9.17, 15) is 4.39 Å². The molecule has 4 nitrogen and oxygen atoms in total. The third-order valence-electron chi connectivity index (χ3n) is 3.52. The van der Waals surface area contributed by atoms with E-state index in [-0.39, 0.29) is 5.75 Å². The topological polar surface area (TPSA) is 40.6 Å². The second kappa shape index (κ2) is 6.97. The Bertz CT molecular complexity index is 886. The number of hydrogen-bond acceptors (Lipinski definition) is 5. The van der Waals surface area contributed by atoms with Gasteiger partial charge in [-0.2, -0.15) is 0 Å². The zero-order chi connectivity index (χ0) is 17.1. The van der Waals surface area contributed by atoms with Crippen LogP contribution in [0.4, 0.5) is 4.39 Å². The van der Waals surface area contributed by atoms with Gasteiger partial charge in [-0.3, -0.25) is 0 Å². The highest BCUT2D eigenvalue weighted by Gasteiger charge is 2.14. The Kier molecular flexibility index (Phi) is 4.76. The first-order valence-corrected chi connectivity index (χ1v) is 8.42. The smallest absolute Gasteiger partial charge is 0.165 e. The van der Waals surface area contributed by atoms with Crippen LogP contribution < -0.4 is 14.2 Å². The van der Waals surface area contributed by atoms with Gasteiger partial charge in [0.05, 0.1) is 19.7 Å². The largest absolute Gasteiger partial charge is 0.493 e. The molecule has 6 heteroatoms. The van der Waals surface area contributed by atoms with Crippen molar-refractivity contribution >= 4 is 22.7 Å². The number of benzene rings is 2. The van der Waals surface area contributed by atoms with Crippen molar-refractivity contribution in [2.75, 3.05) is 20.5 Å². The molecule has 0 aliphatic carbocycles. The quantitative estimate of drug-likeness (QED) is 0.615. The number of aromatic nitrogens is 1. The fourth-order valence-corrected chi connectivity index (χ4v) is 2.75. The Labute approximate surface area is 143 Å². The van der Waals surface area contributed by atoms with Crippen LogP contribution >= 0.6 is 11.8 Å². The molecule has 0 radical (unpaired) electrons. The van der Waals surface area contributed by atoms with Crippen LogP contribution in [0.1, 0.15) is 0 Å². The molecule has 0 atom stereocenters. The summed E-state index contributed by atoms with van der Waals surface area (Å²) in [5.41, 5.74) is 0.686. The Balaban J connectivity index is 2.19. The van der Waals surface area contributed by atoms with E-state index in [1.165, 1.54) is 17.8 Å². The number of rotatable bonds is 5. The number of fused-ring (bicyclic) bond motifs is 1. The summed E-state index contributed by atoms with van der Waals surface area (Å²) in [6, 6.07) is 11.6. The van der Waals surface area contributed by atoms with Crippen molar-refractivity contribution in [1.82, 2.24) is 4.98 Å². The average molecular weight is 345 g/mol. The molecule has 0 N–H and O–H groups in total. The molecular weight excluding hydrogens is 329 g/mol. The molecule has 0 aliphatic rings. The van der Waals surface area contributed by atoms with Gasteiger partial charge in [-0.15, -0.1) is 11.8 Å². The molecule has 1 heterocycles. The first-order valence-electron chi connectivity index (χ1n) is 7.19. The van der Waals surface area contributed by atoms with Crippen LogP contribution in [0.25, 0.3) is 10.9 Å². The summed E-state index contributed by atoms with van der Waals surface area (Å²) in [5, 5.41) is 1.48. The fourth-order valence-electron chi connectivity index (χ4n) is 2.33. The minimum absolute atomic E-state index is 0.159. The van der Waals surface area contributed by atoms with Crippen molar-refractivity contribution in [3.8, 4) is 23.0 Å². The summed E-state index contributed by atoms with van der Waals surface area (Å²) < 4.78 is 30.4. The summed E-state index contributed by atoms with van der Waals surface area (Å²) >= 11 is 1.48. The van der Waals surface area contributed by atoms with Gasteiger partial charge in [0, 0.05) is 17.5 Å². The van der Waals surface area contributed by atoms with Crippen molar-refractivity contribution in [2.45, 2.75) is 5.03 Å². The maximum absolute atomic E-state index is 13.9. The number of ether oxygens (including phenoxy) is 3. The highest BCUT2D eigenvalue weighted by Crippen LogP contribution is 2.39. The van der Waals surface area contributed by atoms with Crippen LogP contribution in [0.15, 0.2) is 47.5 Å². The van der Waals surface area contributed by atoms with Crippen LogP contribution in [0.2, 0.25) is 0 Å². The van der Waals surface area contributed by atoms with Crippen LogP contribution in [0, 0.1) is 5.82 Å². The van der Waals surface area contributed by atoms with Crippen LogP contribution in [-0.4, -0.2) is 25.5 Å². The van der Waals surface area contributed by atoms with Gasteiger partial charge in [0.2, 0.25) is 0 Å². The van der Waals surface area contributed by atoms with Gasteiger partial charge in [-0.25, -0.2) is 9.37 Å². The minimum atomic E-state index is -0.423. The van der Waals surface area contributed by atoms with Crippen LogP contribution in [-0.2, 0) is 0 Å². The Hall–Kier alpha value is -2.47. The van der Waals surface area contributed by atoms with Gasteiger partial charge < -0.3 is 14.2 Å². The monoisotopic (exact) mass is 345 g/mol. The molecule has 3 rings (SSSR count). The van der Waals surface area contributed by atoms with Crippen molar-refractivity contribution < 1.29 is 18.6 Å². The average Bonchev–Trinajstić information content (AvgIpc) is 2.62. The van der Waals surface area contributed by atoms with E-state index in [1.54, 1.807) is 50.6 Å². The second-order valence-electron chi connectivity index (χ2n) is 4.92. The zero-order valence-corrected chi connectivity index (χ0v) is 14.3. The number of thioether (sulfide) groups is 1. The summed E-state index contributed by atoms with van der Waals surface area (Å²) in [4.78, 5) is 4.56. The molecule has 124 valence electrons. The van der Waals surface area contributed by atoms with Gasteiger partial charge in [-0.05, 0) is 24.5 Å². The molecule has 0 aliphatic heterocycles. The molecule has 2 aromatic carbocycles. The third-order valence-corrected chi connectivity index (χ3v) is 4.15. The maximum Gasteiger partial charge on any atom is 0.165 e. The predicted octanol–water partition coefficient (Wildman–Crippen LogP) is 4.91. The van der Waals surface area contributed by atoms with Gasteiger partial charge in [0.25, 0.3) is 0 Å². The van der Waals surface area contributed by atoms with Crippen molar-refractivity contribution in [3.05, 3.63) is 48.3 Å². The second-order valence-corrected chi connectivity index (χ2v) is 5.75. The van der Waals surface area contributed by atoms with E-state index in [0.717, 1.165) is 5.03 Å². The highest BCUT2D eigenvalue weighted by molar-refractivity contribution is 7.98. The SMILES string of the molecule is COc1cc2nc(SC)cc(Oc3ccccc3F)c2cc1OC. The molecular formula is C18H16FNO3S. The molecule has 24 heavy (non-hydrogen) atoms. The van der Waals surface area contributed by atoms with Crippen LogP contribution in [0.5, 0.6) is 23.0 Å². The lowest BCUT2D eigenvalue weighted by Crippen LogP contribution is -1.95. The standard InChI is InChI=1S/C18H16FNO3S/c1-21-16-8-11-13(9-17(16)22-2)20-18(24-3)10-15(11)23-14-7-5-4-6-12(14)19/h4-10H,1-3H3. The highest BCUT2D eigenvalue weighted by atomic mass is 32.2. The van der Waals surface area contributed by atoms with Crippen molar-refractivity contribution in [3.63, 3.8) is 0 Å². The number of para-hydroxylation sites is 1. The lowest BCUT2D eigenvalue weighted by molar-refractivity contribution is 0.355. The van der Waals surface area contributed by atoms with E-state index >= 15 is 0 Å². The summed E-state index contributed by atoms with van der Waals surface area (Å²) in [5.74, 6) is 1.38. The molecule has 0 saturated heterocycles. The first-order chi connectivity index (χ1) is 11.7.